The molecule has 2 rings (SSSR count). The molecule has 0 aliphatic rings. The first kappa shape index (κ1) is 12.0. The van der Waals surface area contributed by atoms with Crippen molar-refractivity contribution in [3.05, 3.63) is 54.1 Å². The van der Waals surface area contributed by atoms with Gasteiger partial charge in [0.15, 0.2) is 0 Å². The Balaban J connectivity index is 2.24. The Hall–Kier alpha value is -2.42. The Labute approximate surface area is 105 Å². The summed E-state index contributed by atoms with van der Waals surface area (Å²) in [5.74, 6) is -1.52. The first-order valence-electron chi connectivity index (χ1n) is 5.50. The van der Waals surface area contributed by atoms with E-state index in [0.717, 1.165) is 16.3 Å². The van der Waals surface area contributed by atoms with Crippen LogP contribution in [0.3, 0.4) is 0 Å². The molecule has 3 nitrogen and oxygen atoms in total. The van der Waals surface area contributed by atoms with E-state index >= 15 is 0 Å². The summed E-state index contributed by atoms with van der Waals surface area (Å²) in [6.07, 6.45) is 2.82. The quantitative estimate of drug-likeness (QED) is 0.470. The van der Waals surface area contributed by atoms with Gasteiger partial charge in [0.2, 0.25) is 0 Å². The number of fused-ring (bicyclic) bond motifs is 1. The third-order valence-electron chi connectivity index (χ3n) is 2.59. The molecule has 0 N–H and O–H groups in total. The molecule has 0 fully saturated rings. The molecule has 0 aromatic heterocycles. The van der Waals surface area contributed by atoms with Crippen molar-refractivity contribution in [2.75, 3.05) is 7.11 Å². The molecule has 90 valence electrons. The van der Waals surface area contributed by atoms with Gasteiger partial charge in [0.1, 0.15) is 0 Å². The lowest BCUT2D eigenvalue weighted by Gasteiger charge is -1.98. The first-order chi connectivity index (χ1) is 8.70. The van der Waals surface area contributed by atoms with E-state index in [1.54, 1.807) is 6.08 Å². The van der Waals surface area contributed by atoms with Gasteiger partial charge in [-0.15, -0.1) is 0 Å². The molecule has 0 radical (unpaired) electrons. The van der Waals surface area contributed by atoms with E-state index < -0.39 is 11.8 Å². The van der Waals surface area contributed by atoms with Crippen LogP contribution in [-0.4, -0.2) is 18.9 Å². The number of esters is 1. The van der Waals surface area contributed by atoms with E-state index in [4.69, 9.17) is 0 Å². The molecule has 0 unspecified atom stereocenters. The molecule has 0 saturated heterocycles. The third kappa shape index (κ3) is 2.63. The SMILES string of the molecule is COC(=O)C(=O)C=Cc1ccc2ccccc2c1. The highest BCUT2D eigenvalue weighted by atomic mass is 16.5. The fourth-order valence-corrected chi connectivity index (χ4v) is 1.65. The first-order valence-corrected chi connectivity index (χ1v) is 5.50. The summed E-state index contributed by atoms with van der Waals surface area (Å²) in [6, 6.07) is 13.8. The Morgan fingerprint density at radius 2 is 1.78 bits per heavy atom. The van der Waals surface area contributed by atoms with Gasteiger partial charge in [-0.1, -0.05) is 42.5 Å². The molecular formula is C15H12O3. The maximum Gasteiger partial charge on any atom is 0.378 e. The van der Waals surface area contributed by atoms with E-state index in [-0.39, 0.29) is 0 Å². The second kappa shape index (κ2) is 5.27. The number of carbonyl (C=O) groups excluding carboxylic acids is 2. The summed E-state index contributed by atoms with van der Waals surface area (Å²) >= 11 is 0. The average molecular weight is 240 g/mol. The molecule has 0 spiro atoms. The van der Waals surface area contributed by atoms with Crippen molar-refractivity contribution in [3.8, 4) is 0 Å². The normalized spacial score (nSPS) is 10.7. The van der Waals surface area contributed by atoms with Crippen molar-refractivity contribution in [3.63, 3.8) is 0 Å². The highest BCUT2D eigenvalue weighted by molar-refractivity contribution is 6.39. The minimum Gasteiger partial charge on any atom is -0.463 e. The van der Waals surface area contributed by atoms with Gasteiger partial charge >= 0.3 is 5.97 Å². The van der Waals surface area contributed by atoms with Gasteiger partial charge in [-0.2, -0.15) is 0 Å². The van der Waals surface area contributed by atoms with Crippen LogP contribution in [0, 0.1) is 0 Å². The maximum absolute atomic E-state index is 11.2. The van der Waals surface area contributed by atoms with Crippen LogP contribution in [0.5, 0.6) is 0 Å². The Bertz CT molecular complexity index is 626. The highest BCUT2D eigenvalue weighted by Crippen LogP contribution is 2.16. The van der Waals surface area contributed by atoms with Crippen LogP contribution in [0.1, 0.15) is 5.56 Å². The van der Waals surface area contributed by atoms with Crippen LogP contribution >= 0.6 is 0 Å². The van der Waals surface area contributed by atoms with E-state index in [1.807, 2.05) is 42.5 Å². The number of hydrogen-bond acceptors (Lipinski definition) is 3. The largest absolute Gasteiger partial charge is 0.463 e. The highest BCUT2D eigenvalue weighted by Gasteiger charge is 2.08. The van der Waals surface area contributed by atoms with Crippen molar-refractivity contribution in [1.82, 2.24) is 0 Å². The third-order valence-corrected chi connectivity index (χ3v) is 2.59. The zero-order valence-electron chi connectivity index (χ0n) is 9.92. The van der Waals surface area contributed by atoms with E-state index in [2.05, 4.69) is 4.74 Å². The fraction of sp³-hybridized carbons (Fsp3) is 0.0667. The number of ether oxygens (including phenoxy) is 1. The molecule has 3 heteroatoms. The van der Waals surface area contributed by atoms with E-state index in [0.29, 0.717) is 0 Å². The molecule has 2 aromatic rings. The van der Waals surface area contributed by atoms with Gasteiger partial charge in [-0.25, -0.2) is 4.79 Å². The predicted octanol–water partition coefficient (Wildman–Crippen LogP) is 2.60. The second-order valence-corrected chi connectivity index (χ2v) is 3.80. The van der Waals surface area contributed by atoms with Crippen molar-refractivity contribution in [2.24, 2.45) is 0 Å². The molecule has 0 atom stereocenters. The van der Waals surface area contributed by atoms with Crippen LogP contribution in [0.4, 0.5) is 0 Å². The van der Waals surface area contributed by atoms with Gasteiger partial charge in [0, 0.05) is 0 Å². The number of hydrogen-bond donors (Lipinski definition) is 0. The molecule has 0 bridgehead atoms. The van der Waals surface area contributed by atoms with Gasteiger partial charge in [-0.05, 0) is 28.5 Å². The van der Waals surface area contributed by atoms with Gasteiger partial charge in [-0.3, -0.25) is 4.79 Å². The van der Waals surface area contributed by atoms with Crippen LogP contribution in [0.15, 0.2) is 48.5 Å². The van der Waals surface area contributed by atoms with Crippen LogP contribution in [-0.2, 0) is 14.3 Å². The molecule has 0 heterocycles. The zero-order chi connectivity index (χ0) is 13.0. The Morgan fingerprint density at radius 3 is 2.50 bits per heavy atom. The summed E-state index contributed by atoms with van der Waals surface area (Å²) in [5, 5.41) is 2.22. The van der Waals surface area contributed by atoms with E-state index in [1.165, 1.54) is 13.2 Å². The maximum atomic E-state index is 11.2. The molecule has 0 amide bonds. The minimum absolute atomic E-state index is 0.661. The molecule has 2 aromatic carbocycles. The second-order valence-electron chi connectivity index (χ2n) is 3.80. The number of ketones is 1. The Morgan fingerprint density at radius 1 is 1.06 bits per heavy atom. The Kier molecular flexibility index (Phi) is 3.53. The van der Waals surface area contributed by atoms with Crippen molar-refractivity contribution < 1.29 is 14.3 Å². The summed E-state index contributed by atoms with van der Waals surface area (Å²) in [5.41, 5.74) is 0.867. The topological polar surface area (TPSA) is 43.4 Å². The molecule has 18 heavy (non-hydrogen) atoms. The monoisotopic (exact) mass is 240 g/mol. The average Bonchev–Trinajstić information content (AvgIpc) is 2.43. The molecular weight excluding hydrogens is 228 g/mol. The lowest BCUT2D eigenvalue weighted by atomic mass is 10.1. The molecule has 0 aliphatic heterocycles. The van der Waals surface area contributed by atoms with Crippen LogP contribution < -0.4 is 0 Å². The van der Waals surface area contributed by atoms with Gasteiger partial charge in [0.05, 0.1) is 7.11 Å². The van der Waals surface area contributed by atoms with Gasteiger partial charge in [0.25, 0.3) is 5.78 Å². The number of rotatable bonds is 3. The number of carbonyl (C=O) groups is 2. The molecule has 0 saturated carbocycles. The van der Waals surface area contributed by atoms with Crippen molar-refractivity contribution in [1.29, 1.82) is 0 Å². The molecule has 0 aliphatic carbocycles. The van der Waals surface area contributed by atoms with Gasteiger partial charge < -0.3 is 4.74 Å². The smallest absolute Gasteiger partial charge is 0.378 e. The number of methoxy groups -OCH3 is 1. The fourth-order valence-electron chi connectivity index (χ4n) is 1.65. The summed E-state index contributed by atoms with van der Waals surface area (Å²) in [6.45, 7) is 0. The standard InChI is InChI=1S/C15H12O3/c1-18-15(17)14(16)9-7-11-6-8-12-4-2-3-5-13(12)10-11/h2-10H,1H3. The van der Waals surface area contributed by atoms with Crippen molar-refractivity contribution >= 4 is 28.6 Å². The number of benzene rings is 2. The summed E-state index contributed by atoms with van der Waals surface area (Å²) in [4.78, 5) is 22.2. The summed E-state index contributed by atoms with van der Waals surface area (Å²) in [7, 11) is 1.18. The lowest BCUT2D eigenvalue weighted by Crippen LogP contribution is -2.12. The van der Waals surface area contributed by atoms with Crippen LogP contribution in [0.2, 0.25) is 0 Å². The minimum atomic E-state index is -0.855. The zero-order valence-corrected chi connectivity index (χ0v) is 9.92. The summed E-state index contributed by atoms with van der Waals surface area (Å²) < 4.78 is 4.33. The van der Waals surface area contributed by atoms with E-state index in [9.17, 15) is 9.59 Å². The van der Waals surface area contributed by atoms with Crippen LogP contribution in [0.25, 0.3) is 16.8 Å². The lowest BCUT2D eigenvalue weighted by molar-refractivity contribution is -0.149. The van der Waals surface area contributed by atoms with Crippen molar-refractivity contribution in [2.45, 2.75) is 0 Å². The predicted molar refractivity (Wildman–Crippen MR) is 70.0 cm³/mol.